The van der Waals surface area contributed by atoms with Crippen molar-refractivity contribution in [3.05, 3.63) is 0 Å². The fraction of sp³-hybridized carbons (Fsp3) is 0.714. The highest BCUT2D eigenvalue weighted by Gasteiger charge is 2.53. The number of rotatable bonds is 2. The van der Waals surface area contributed by atoms with Gasteiger partial charge in [0.2, 0.25) is 0 Å². The normalized spacial score (nSPS) is 21.5. The predicted molar refractivity (Wildman–Crippen MR) is 42.8 cm³/mol. The third kappa shape index (κ3) is 1.02. The standard InChI is InChI=1S/C7H12N2O4/c1-8-5(12)7(3-10,4-11)9(2)6(8)13/h10-11H,3-4H2,1-2H3. The van der Waals surface area contributed by atoms with E-state index in [4.69, 9.17) is 10.2 Å². The molecule has 0 atom stereocenters. The van der Waals surface area contributed by atoms with Crippen molar-refractivity contribution in [1.82, 2.24) is 9.80 Å². The van der Waals surface area contributed by atoms with Crippen LogP contribution >= 0.6 is 0 Å². The number of carbonyl (C=O) groups is 2. The number of amides is 3. The highest BCUT2D eigenvalue weighted by atomic mass is 16.3. The highest BCUT2D eigenvalue weighted by Crippen LogP contribution is 2.24. The van der Waals surface area contributed by atoms with Gasteiger partial charge in [-0.25, -0.2) is 4.79 Å². The molecular weight excluding hydrogens is 176 g/mol. The zero-order chi connectivity index (χ0) is 10.2. The Morgan fingerprint density at radius 1 is 1.23 bits per heavy atom. The average molecular weight is 188 g/mol. The lowest BCUT2D eigenvalue weighted by atomic mass is 10.0. The van der Waals surface area contributed by atoms with Gasteiger partial charge in [-0.3, -0.25) is 9.69 Å². The molecule has 1 heterocycles. The van der Waals surface area contributed by atoms with Crippen molar-refractivity contribution < 1.29 is 19.8 Å². The van der Waals surface area contributed by atoms with Crippen LogP contribution in [-0.2, 0) is 4.79 Å². The molecule has 6 nitrogen and oxygen atoms in total. The molecule has 1 rings (SSSR count). The first kappa shape index (κ1) is 9.94. The highest BCUT2D eigenvalue weighted by molar-refractivity contribution is 6.06. The van der Waals surface area contributed by atoms with Gasteiger partial charge in [-0.1, -0.05) is 0 Å². The molecular formula is C7H12N2O4. The summed E-state index contributed by atoms with van der Waals surface area (Å²) in [7, 11) is 2.68. The summed E-state index contributed by atoms with van der Waals surface area (Å²) >= 11 is 0. The number of imide groups is 1. The number of hydrogen-bond acceptors (Lipinski definition) is 4. The Morgan fingerprint density at radius 2 is 1.69 bits per heavy atom. The van der Waals surface area contributed by atoms with E-state index in [1.165, 1.54) is 14.1 Å². The zero-order valence-electron chi connectivity index (χ0n) is 7.52. The van der Waals surface area contributed by atoms with E-state index in [2.05, 4.69) is 0 Å². The second-order valence-electron chi connectivity index (χ2n) is 3.05. The number of nitrogens with zero attached hydrogens (tertiary/aromatic N) is 2. The van der Waals surface area contributed by atoms with Crippen LogP contribution in [0, 0.1) is 0 Å². The third-order valence-corrected chi connectivity index (χ3v) is 2.44. The van der Waals surface area contributed by atoms with Crippen LogP contribution in [0.5, 0.6) is 0 Å². The Morgan fingerprint density at radius 3 is 1.85 bits per heavy atom. The fourth-order valence-electron chi connectivity index (χ4n) is 1.35. The van der Waals surface area contributed by atoms with Crippen molar-refractivity contribution in [2.24, 2.45) is 0 Å². The summed E-state index contributed by atoms with van der Waals surface area (Å²) in [5.41, 5.74) is -1.48. The van der Waals surface area contributed by atoms with E-state index in [1.807, 2.05) is 0 Å². The Hall–Kier alpha value is -1.14. The Balaban J connectivity index is 3.11. The van der Waals surface area contributed by atoms with Crippen LogP contribution in [0.1, 0.15) is 0 Å². The number of aliphatic hydroxyl groups is 2. The van der Waals surface area contributed by atoms with E-state index in [9.17, 15) is 9.59 Å². The van der Waals surface area contributed by atoms with Gasteiger partial charge in [0.05, 0.1) is 13.2 Å². The van der Waals surface area contributed by atoms with Gasteiger partial charge in [-0.2, -0.15) is 0 Å². The molecule has 1 fully saturated rings. The smallest absolute Gasteiger partial charge is 0.327 e. The first-order valence-electron chi connectivity index (χ1n) is 3.79. The van der Waals surface area contributed by atoms with Crippen LogP contribution < -0.4 is 0 Å². The van der Waals surface area contributed by atoms with Crippen LogP contribution in [-0.4, -0.2) is 64.8 Å². The molecule has 2 N–H and O–H groups in total. The Bertz CT molecular complexity index is 249. The van der Waals surface area contributed by atoms with Crippen molar-refractivity contribution in [3.8, 4) is 0 Å². The van der Waals surface area contributed by atoms with E-state index in [1.54, 1.807) is 0 Å². The number of aliphatic hydroxyl groups excluding tert-OH is 2. The van der Waals surface area contributed by atoms with Crippen molar-refractivity contribution in [1.29, 1.82) is 0 Å². The van der Waals surface area contributed by atoms with Crippen molar-refractivity contribution in [2.45, 2.75) is 5.54 Å². The monoisotopic (exact) mass is 188 g/mol. The molecule has 0 radical (unpaired) electrons. The van der Waals surface area contributed by atoms with Gasteiger partial charge in [0.1, 0.15) is 0 Å². The molecule has 0 aromatic carbocycles. The summed E-state index contributed by atoms with van der Waals surface area (Å²) in [4.78, 5) is 24.6. The average Bonchev–Trinajstić information content (AvgIpc) is 2.31. The van der Waals surface area contributed by atoms with Crippen molar-refractivity contribution >= 4 is 11.9 Å². The van der Waals surface area contributed by atoms with E-state index >= 15 is 0 Å². The number of carbonyl (C=O) groups excluding carboxylic acids is 2. The molecule has 13 heavy (non-hydrogen) atoms. The van der Waals surface area contributed by atoms with Gasteiger partial charge in [-0.15, -0.1) is 0 Å². The second-order valence-corrected chi connectivity index (χ2v) is 3.05. The van der Waals surface area contributed by atoms with Crippen LogP contribution in [0.3, 0.4) is 0 Å². The lowest BCUT2D eigenvalue weighted by Crippen LogP contribution is -2.54. The van der Waals surface area contributed by atoms with Gasteiger partial charge in [0, 0.05) is 14.1 Å². The van der Waals surface area contributed by atoms with E-state index in [-0.39, 0.29) is 0 Å². The molecule has 74 valence electrons. The van der Waals surface area contributed by atoms with Gasteiger partial charge in [-0.05, 0) is 0 Å². The molecule has 0 saturated carbocycles. The molecule has 3 amide bonds. The van der Waals surface area contributed by atoms with Crippen LogP contribution in [0.15, 0.2) is 0 Å². The predicted octanol–water partition coefficient (Wildman–Crippen LogP) is -1.77. The maximum atomic E-state index is 11.5. The minimum Gasteiger partial charge on any atom is -0.393 e. The third-order valence-electron chi connectivity index (χ3n) is 2.44. The minimum atomic E-state index is -1.48. The summed E-state index contributed by atoms with van der Waals surface area (Å²) in [6.45, 7) is -1.15. The zero-order valence-corrected chi connectivity index (χ0v) is 7.52. The molecule has 0 spiro atoms. The summed E-state index contributed by atoms with van der Waals surface area (Å²) < 4.78 is 0. The minimum absolute atomic E-state index is 0.520. The lowest BCUT2D eigenvalue weighted by Gasteiger charge is -2.27. The van der Waals surface area contributed by atoms with Gasteiger partial charge in [0.25, 0.3) is 5.91 Å². The lowest BCUT2D eigenvalue weighted by molar-refractivity contribution is -0.136. The van der Waals surface area contributed by atoms with Crippen LogP contribution in [0.25, 0.3) is 0 Å². The molecule has 0 aromatic heterocycles. The Labute approximate surface area is 75.4 Å². The SMILES string of the molecule is CN1C(=O)N(C)C(CO)(CO)C1=O. The van der Waals surface area contributed by atoms with E-state index in [0.29, 0.717) is 0 Å². The van der Waals surface area contributed by atoms with Gasteiger partial charge < -0.3 is 15.1 Å². The first-order chi connectivity index (χ1) is 6.01. The molecule has 0 aliphatic carbocycles. The molecule has 1 saturated heterocycles. The molecule has 1 aliphatic rings. The molecule has 0 unspecified atom stereocenters. The topological polar surface area (TPSA) is 81.1 Å². The maximum absolute atomic E-state index is 11.5. The molecule has 6 heteroatoms. The summed E-state index contributed by atoms with van der Waals surface area (Å²) in [6, 6.07) is -0.520. The molecule has 0 bridgehead atoms. The summed E-state index contributed by atoms with van der Waals surface area (Å²) in [5.74, 6) is -0.579. The molecule has 0 aromatic rings. The van der Waals surface area contributed by atoms with E-state index < -0.39 is 30.7 Å². The van der Waals surface area contributed by atoms with Crippen LogP contribution in [0.2, 0.25) is 0 Å². The van der Waals surface area contributed by atoms with E-state index in [0.717, 1.165) is 9.80 Å². The fourth-order valence-corrected chi connectivity index (χ4v) is 1.35. The van der Waals surface area contributed by atoms with Crippen molar-refractivity contribution in [2.75, 3.05) is 27.3 Å². The van der Waals surface area contributed by atoms with Gasteiger partial charge in [0.15, 0.2) is 5.54 Å². The number of urea groups is 1. The summed E-state index contributed by atoms with van der Waals surface area (Å²) in [5, 5.41) is 18.0. The molecule has 1 aliphatic heterocycles. The Kier molecular flexibility index (Phi) is 2.27. The second kappa shape index (κ2) is 2.97. The van der Waals surface area contributed by atoms with Crippen molar-refractivity contribution in [3.63, 3.8) is 0 Å². The largest absolute Gasteiger partial charge is 0.393 e. The maximum Gasteiger partial charge on any atom is 0.327 e. The van der Waals surface area contributed by atoms with Crippen LogP contribution in [0.4, 0.5) is 4.79 Å². The quantitative estimate of drug-likeness (QED) is 0.503. The number of hydrogen-bond donors (Lipinski definition) is 2. The summed E-state index contributed by atoms with van der Waals surface area (Å²) in [6.07, 6.45) is 0. The van der Waals surface area contributed by atoms with Gasteiger partial charge >= 0.3 is 6.03 Å². The number of likely N-dealkylation sites (N-methyl/N-ethyl adjacent to an activating group) is 2. The first-order valence-corrected chi connectivity index (χ1v) is 3.79.